The van der Waals surface area contributed by atoms with E-state index in [4.69, 9.17) is 11.6 Å². The van der Waals surface area contributed by atoms with Crippen molar-refractivity contribution in [2.24, 2.45) is 0 Å². The monoisotopic (exact) mass is 422 g/mol. The summed E-state index contributed by atoms with van der Waals surface area (Å²) in [5.41, 5.74) is 1.61. The Labute approximate surface area is 164 Å². The summed E-state index contributed by atoms with van der Waals surface area (Å²) in [4.78, 5) is 18.0. The number of benzene rings is 1. The lowest BCUT2D eigenvalue weighted by atomic mass is 9.98. The number of amides is 1. The normalized spacial score (nSPS) is 14.9. The molecule has 0 radical (unpaired) electrons. The number of fused-ring (bicyclic) bond motifs is 1. The Bertz CT molecular complexity index is 1100. The van der Waals surface area contributed by atoms with Crippen LogP contribution in [0.2, 0.25) is 5.02 Å². The quantitative estimate of drug-likeness (QED) is 0.611. The molecule has 0 saturated carbocycles. The van der Waals surface area contributed by atoms with Crippen LogP contribution in [0.5, 0.6) is 0 Å². The number of nitrogens with zero attached hydrogens (tertiary/aromatic N) is 5. The molecular formula is C16H15ClN6O4S. The van der Waals surface area contributed by atoms with Crippen molar-refractivity contribution in [1.82, 2.24) is 29.3 Å². The number of halogens is 1. The molecule has 0 fully saturated rings. The molecule has 2 aromatic heterocycles. The van der Waals surface area contributed by atoms with Crippen LogP contribution in [0.1, 0.15) is 22.7 Å². The third-order valence-electron chi connectivity index (χ3n) is 4.51. The van der Waals surface area contributed by atoms with E-state index in [2.05, 4.69) is 20.3 Å². The smallest absolute Gasteiger partial charge is 0.318 e. The summed E-state index contributed by atoms with van der Waals surface area (Å²) in [5, 5.41) is 19.7. The Morgan fingerprint density at radius 1 is 1.32 bits per heavy atom. The van der Waals surface area contributed by atoms with E-state index < -0.39 is 22.5 Å². The van der Waals surface area contributed by atoms with E-state index in [0.717, 1.165) is 10.4 Å². The highest BCUT2D eigenvalue weighted by Crippen LogP contribution is 2.30. The lowest BCUT2D eigenvalue weighted by Crippen LogP contribution is -2.33. The van der Waals surface area contributed by atoms with Gasteiger partial charge in [-0.1, -0.05) is 29.8 Å². The Kier molecular flexibility index (Phi) is 4.65. The molecule has 4 rings (SSSR count). The topological polar surface area (TPSA) is 134 Å². The van der Waals surface area contributed by atoms with Crippen molar-refractivity contribution < 1.29 is 18.3 Å². The molecule has 28 heavy (non-hydrogen) atoms. The zero-order valence-corrected chi connectivity index (χ0v) is 15.9. The van der Waals surface area contributed by atoms with Crippen LogP contribution in [0.25, 0.3) is 0 Å². The number of hydrogen-bond donors (Lipinski definition) is 2. The van der Waals surface area contributed by atoms with E-state index in [9.17, 15) is 18.3 Å². The number of rotatable bonds is 5. The number of aromatic amines is 1. The predicted molar refractivity (Wildman–Crippen MR) is 96.7 cm³/mol. The Balaban J connectivity index is 1.55. The van der Waals surface area contributed by atoms with Crippen molar-refractivity contribution in [2.75, 3.05) is 6.61 Å². The van der Waals surface area contributed by atoms with Crippen LogP contribution in [0.4, 0.5) is 0 Å². The second-order valence-corrected chi connectivity index (χ2v) is 8.34. The first kappa shape index (κ1) is 18.6. The number of aliphatic hydroxyl groups is 1. The maximum atomic E-state index is 12.9. The van der Waals surface area contributed by atoms with Crippen molar-refractivity contribution >= 4 is 27.5 Å². The van der Waals surface area contributed by atoms with Gasteiger partial charge in [0.05, 0.1) is 24.8 Å². The van der Waals surface area contributed by atoms with Gasteiger partial charge in [-0.05, 0) is 11.6 Å². The number of hydrogen-bond acceptors (Lipinski definition) is 7. The molecule has 1 aromatic carbocycles. The SMILES string of the molecule is O=C([C@@H](CO)c1ccccc1Cl)N1Cc2cn(S(=O)(=O)c3ncn[nH]3)nc2C1. The number of H-pyrrole nitrogens is 1. The van der Waals surface area contributed by atoms with Crippen molar-refractivity contribution in [3.63, 3.8) is 0 Å². The lowest BCUT2D eigenvalue weighted by Gasteiger charge is -2.22. The molecule has 0 unspecified atom stereocenters. The van der Waals surface area contributed by atoms with Crippen molar-refractivity contribution in [3.05, 3.63) is 58.6 Å². The number of aromatic nitrogens is 5. The molecule has 0 aliphatic carbocycles. The second kappa shape index (κ2) is 7.00. The van der Waals surface area contributed by atoms with E-state index >= 15 is 0 Å². The maximum absolute atomic E-state index is 12.9. The fraction of sp³-hybridized carbons (Fsp3) is 0.250. The van der Waals surface area contributed by atoms with Crippen LogP contribution >= 0.6 is 11.6 Å². The van der Waals surface area contributed by atoms with Crippen molar-refractivity contribution in [1.29, 1.82) is 0 Å². The van der Waals surface area contributed by atoms with Crippen LogP contribution in [0.15, 0.2) is 41.9 Å². The number of nitrogens with one attached hydrogen (secondary N) is 1. The summed E-state index contributed by atoms with van der Waals surface area (Å²) in [6, 6.07) is 6.84. The molecule has 1 aliphatic rings. The largest absolute Gasteiger partial charge is 0.395 e. The zero-order chi connectivity index (χ0) is 19.9. The van der Waals surface area contributed by atoms with Gasteiger partial charge in [0.2, 0.25) is 5.91 Å². The first-order chi connectivity index (χ1) is 13.4. The number of carbonyl (C=O) groups is 1. The molecule has 1 aliphatic heterocycles. The molecule has 0 bridgehead atoms. The van der Waals surface area contributed by atoms with E-state index in [0.29, 0.717) is 21.8 Å². The minimum Gasteiger partial charge on any atom is -0.395 e. The van der Waals surface area contributed by atoms with E-state index in [1.165, 1.54) is 11.1 Å². The summed E-state index contributed by atoms with van der Waals surface area (Å²) in [6.45, 7) is -0.0777. The molecule has 2 N–H and O–H groups in total. The molecular weight excluding hydrogens is 408 g/mol. The fourth-order valence-corrected chi connectivity index (χ4v) is 4.37. The van der Waals surface area contributed by atoms with Gasteiger partial charge in [-0.3, -0.25) is 4.79 Å². The third kappa shape index (κ3) is 3.07. The molecule has 3 heterocycles. The van der Waals surface area contributed by atoms with Gasteiger partial charge in [-0.25, -0.2) is 10.1 Å². The third-order valence-corrected chi connectivity index (χ3v) is 6.22. The zero-order valence-electron chi connectivity index (χ0n) is 14.4. The summed E-state index contributed by atoms with van der Waals surface area (Å²) < 4.78 is 25.7. The Morgan fingerprint density at radius 2 is 2.11 bits per heavy atom. The van der Waals surface area contributed by atoms with Crippen molar-refractivity contribution in [2.45, 2.75) is 24.2 Å². The summed E-state index contributed by atoms with van der Waals surface area (Å²) in [7, 11) is -3.97. The van der Waals surface area contributed by atoms with E-state index in [1.54, 1.807) is 24.3 Å². The maximum Gasteiger partial charge on any atom is 0.318 e. The molecule has 3 aromatic rings. The average Bonchev–Trinajstić information content (AvgIpc) is 3.40. The standard InChI is InChI=1S/C16H15ClN6O4S/c17-13-4-2-1-3-11(13)12(8-24)15(25)22-5-10-6-23(21-14(10)7-22)28(26,27)16-18-9-19-20-16/h1-4,6,9,12,24H,5,7-8H2,(H,18,19,20)/t12-/m0/s1. The first-order valence-corrected chi connectivity index (χ1v) is 10.1. The molecule has 146 valence electrons. The Hall–Kier alpha value is -2.76. The first-order valence-electron chi connectivity index (χ1n) is 8.24. The van der Waals surface area contributed by atoms with Gasteiger partial charge in [0.15, 0.2) is 0 Å². The fourth-order valence-electron chi connectivity index (χ4n) is 3.10. The predicted octanol–water partition coefficient (Wildman–Crippen LogP) is 0.510. The van der Waals surface area contributed by atoms with Gasteiger partial charge in [-0.15, -0.1) is 0 Å². The Morgan fingerprint density at radius 3 is 2.75 bits per heavy atom. The highest BCUT2D eigenvalue weighted by atomic mass is 35.5. The van der Waals surface area contributed by atoms with Gasteiger partial charge < -0.3 is 10.0 Å². The molecule has 1 atom stereocenters. The van der Waals surface area contributed by atoms with Crippen molar-refractivity contribution in [3.8, 4) is 0 Å². The van der Waals surface area contributed by atoms with Gasteiger partial charge in [0.1, 0.15) is 6.33 Å². The van der Waals surface area contributed by atoms with Gasteiger partial charge in [0, 0.05) is 23.3 Å². The van der Waals surface area contributed by atoms with Crippen LogP contribution < -0.4 is 0 Å². The van der Waals surface area contributed by atoms with Crippen LogP contribution in [-0.2, 0) is 27.9 Å². The second-order valence-electron chi connectivity index (χ2n) is 6.22. The van der Waals surface area contributed by atoms with Crippen LogP contribution in [0, 0.1) is 0 Å². The van der Waals surface area contributed by atoms with E-state index in [-0.39, 0.29) is 24.2 Å². The summed E-state index contributed by atoms with van der Waals surface area (Å²) in [5.74, 6) is -1.11. The van der Waals surface area contributed by atoms with E-state index in [1.807, 2.05) is 0 Å². The number of carbonyl (C=O) groups excluding carboxylic acids is 1. The van der Waals surface area contributed by atoms with Gasteiger partial charge in [-0.2, -0.15) is 22.7 Å². The molecule has 10 nitrogen and oxygen atoms in total. The van der Waals surface area contributed by atoms with Crippen LogP contribution in [-0.4, -0.2) is 55.3 Å². The highest BCUT2D eigenvalue weighted by molar-refractivity contribution is 7.89. The number of aliphatic hydroxyl groups excluding tert-OH is 1. The van der Waals surface area contributed by atoms with Crippen LogP contribution in [0.3, 0.4) is 0 Å². The van der Waals surface area contributed by atoms with Gasteiger partial charge >= 0.3 is 10.0 Å². The summed E-state index contributed by atoms with van der Waals surface area (Å²) in [6.07, 6.45) is 2.44. The minimum atomic E-state index is -3.97. The summed E-state index contributed by atoms with van der Waals surface area (Å²) >= 11 is 6.16. The lowest BCUT2D eigenvalue weighted by molar-refractivity contribution is -0.134. The average molecular weight is 423 g/mol. The van der Waals surface area contributed by atoms with Gasteiger partial charge in [0.25, 0.3) is 5.16 Å². The highest BCUT2D eigenvalue weighted by Gasteiger charge is 2.34. The minimum absolute atomic E-state index is 0.133. The molecule has 0 spiro atoms. The molecule has 0 saturated heterocycles. The molecule has 12 heteroatoms. The molecule has 1 amide bonds.